The van der Waals surface area contributed by atoms with E-state index in [1.807, 2.05) is 24.3 Å². The van der Waals surface area contributed by atoms with E-state index in [1.165, 1.54) is 0 Å². The smallest absolute Gasteiger partial charge is 0.244 e. The summed E-state index contributed by atoms with van der Waals surface area (Å²) in [6, 6.07) is 8.19. The molecule has 0 saturated heterocycles. The van der Waals surface area contributed by atoms with E-state index in [1.54, 1.807) is 6.20 Å². The van der Waals surface area contributed by atoms with E-state index in [0.29, 0.717) is 17.8 Å². The lowest BCUT2D eigenvalue weighted by atomic mass is 10.3. The van der Waals surface area contributed by atoms with Gasteiger partial charge in [0.15, 0.2) is 5.82 Å². The van der Waals surface area contributed by atoms with Gasteiger partial charge >= 0.3 is 0 Å². The maximum Gasteiger partial charge on any atom is 0.244 e. The first-order chi connectivity index (χ1) is 9.17. The van der Waals surface area contributed by atoms with Gasteiger partial charge in [-0.3, -0.25) is 0 Å². The molecule has 2 aromatic rings. The van der Waals surface area contributed by atoms with Crippen LogP contribution in [0, 0.1) is 0 Å². The van der Waals surface area contributed by atoms with Crippen LogP contribution in [-0.2, 0) is 0 Å². The second kappa shape index (κ2) is 6.47. The molecule has 6 heteroatoms. The topological polar surface area (TPSA) is 62.7 Å². The van der Waals surface area contributed by atoms with Crippen LogP contribution in [0.25, 0.3) is 0 Å². The highest BCUT2D eigenvalue weighted by atomic mass is 79.9. The number of nitrogens with zero attached hydrogens (tertiary/aromatic N) is 3. The van der Waals surface area contributed by atoms with Gasteiger partial charge in [-0.2, -0.15) is 10.1 Å². The Labute approximate surface area is 121 Å². The average molecular weight is 322 g/mol. The lowest BCUT2D eigenvalue weighted by Gasteiger charge is -2.11. The van der Waals surface area contributed by atoms with Crippen LogP contribution in [0.1, 0.15) is 20.3 Å². The fourth-order valence-corrected chi connectivity index (χ4v) is 1.86. The second-order valence-corrected chi connectivity index (χ2v) is 5.17. The van der Waals surface area contributed by atoms with Gasteiger partial charge in [-0.05, 0) is 31.5 Å². The van der Waals surface area contributed by atoms with Crippen molar-refractivity contribution < 1.29 is 0 Å². The molecule has 0 aliphatic carbocycles. The van der Waals surface area contributed by atoms with E-state index in [0.717, 1.165) is 16.6 Å². The molecule has 2 rings (SSSR count). The van der Waals surface area contributed by atoms with Gasteiger partial charge in [0.05, 0.1) is 6.20 Å². The summed E-state index contributed by atoms with van der Waals surface area (Å²) in [5, 5.41) is 14.3. The van der Waals surface area contributed by atoms with Crippen molar-refractivity contribution in [1.82, 2.24) is 15.2 Å². The second-order valence-electron chi connectivity index (χ2n) is 4.25. The predicted molar refractivity (Wildman–Crippen MR) is 80.6 cm³/mol. The highest BCUT2D eigenvalue weighted by molar-refractivity contribution is 9.10. The van der Waals surface area contributed by atoms with E-state index in [4.69, 9.17) is 0 Å². The average Bonchev–Trinajstić information content (AvgIpc) is 2.39. The van der Waals surface area contributed by atoms with Crippen LogP contribution in [0.5, 0.6) is 0 Å². The molecule has 1 aromatic heterocycles. The standard InChI is InChI=1S/C13H16BrN5/c1-3-9(2)16-13-18-12(8-15-19-13)17-11-6-4-5-10(14)7-11/h4-9H,3H2,1-2H3,(H2,16,17,18,19). The van der Waals surface area contributed by atoms with Crippen molar-refractivity contribution in [2.75, 3.05) is 10.6 Å². The van der Waals surface area contributed by atoms with Gasteiger partial charge in [0.1, 0.15) is 0 Å². The minimum absolute atomic E-state index is 0.322. The van der Waals surface area contributed by atoms with Gasteiger partial charge in [0.2, 0.25) is 5.95 Å². The van der Waals surface area contributed by atoms with Crippen molar-refractivity contribution >= 4 is 33.4 Å². The molecule has 19 heavy (non-hydrogen) atoms. The first kappa shape index (κ1) is 13.7. The lowest BCUT2D eigenvalue weighted by Crippen LogP contribution is -2.16. The molecular weight excluding hydrogens is 306 g/mol. The van der Waals surface area contributed by atoms with Crippen molar-refractivity contribution in [3.8, 4) is 0 Å². The van der Waals surface area contributed by atoms with Crippen LogP contribution < -0.4 is 10.6 Å². The van der Waals surface area contributed by atoms with Crippen molar-refractivity contribution in [2.24, 2.45) is 0 Å². The molecule has 1 aromatic carbocycles. The van der Waals surface area contributed by atoms with Gasteiger partial charge in [-0.15, -0.1) is 5.10 Å². The first-order valence-corrected chi connectivity index (χ1v) is 6.95. The highest BCUT2D eigenvalue weighted by Crippen LogP contribution is 2.19. The van der Waals surface area contributed by atoms with Crippen molar-refractivity contribution in [3.63, 3.8) is 0 Å². The summed E-state index contributed by atoms with van der Waals surface area (Å²) >= 11 is 3.43. The normalized spacial score (nSPS) is 11.9. The van der Waals surface area contributed by atoms with E-state index in [-0.39, 0.29) is 0 Å². The molecule has 0 bridgehead atoms. The van der Waals surface area contributed by atoms with E-state index < -0.39 is 0 Å². The molecule has 0 fully saturated rings. The monoisotopic (exact) mass is 321 g/mol. The van der Waals surface area contributed by atoms with Crippen LogP contribution in [0.4, 0.5) is 17.5 Å². The minimum atomic E-state index is 0.322. The van der Waals surface area contributed by atoms with Crippen LogP contribution in [-0.4, -0.2) is 21.2 Å². The molecular formula is C13H16BrN5. The Morgan fingerprint density at radius 1 is 1.37 bits per heavy atom. The molecule has 0 aliphatic rings. The van der Waals surface area contributed by atoms with E-state index >= 15 is 0 Å². The van der Waals surface area contributed by atoms with Crippen LogP contribution in [0.3, 0.4) is 0 Å². The highest BCUT2D eigenvalue weighted by Gasteiger charge is 2.04. The Morgan fingerprint density at radius 3 is 2.95 bits per heavy atom. The summed E-state index contributed by atoms with van der Waals surface area (Å²) < 4.78 is 1.01. The number of hydrogen-bond acceptors (Lipinski definition) is 5. The third kappa shape index (κ3) is 4.17. The van der Waals surface area contributed by atoms with Crippen LogP contribution >= 0.6 is 15.9 Å². The van der Waals surface area contributed by atoms with E-state index in [9.17, 15) is 0 Å². The number of nitrogens with one attached hydrogen (secondary N) is 2. The summed E-state index contributed by atoms with van der Waals surface area (Å²) in [6.45, 7) is 4.19. The zero-order chi connectivity index (χ0) is 13.7. The van der Waals surface area contributed by atoms with Crippen LogP contribution in [0.2, 0.25) is 0 Å². The fourth-order valence-electron chi connectivity index (χ4n) is 1.46. The number of aromatic nitrogens is 3. The predicted octanol–water partition coefficient (Wildman–Crippen LogP) is 3.59. The number of hydrogen-bond donors (Lipinski definition) is 2. The summed E-state index contributed by atoms with van der Waals surface area (Å²) in [4.78, 5) is 4.37. The Bertz CT molecular complexity index is 546. The lowest BCUT2D eigenvalue weighted by molar-refractivity contribution is 0.746. The minimum Gasteiger partial charge on any atom is -0.350 e. The maximum atomic E-state index is 4.37. The van der Waals surface area contributed by atoms with Gasteiger partial charge < -0.3 is 10.6 Å². The fraction of sp³-hybridized carbons (Fsp3) is 0.308. The summed E-state index contributed by atoms with van der Waals surface area (Å²) in [6.07, 6.45) is 2.61. The molecule has 0 aliphatic heterocycles. The summed E-state index contributed by atoms with van der Waals surface area (Å²) in [5.41, 5.74) is 0.948. The first-order valence-electron chi connectivity index (χ1n) is 6.16. The van der Waals surface area contributed by atoms with Crippen molar-refractivity contribution in [2.45, 2.75) is 26.3 Å². The Balaban J connectivity index is 2.10. The molecule has 1 unspecified atom stereocenters. The van der Waals surface area contributed by atoms with Crippen LogP contribution in [0.15, 0.2) is 34.9 Å². The zero-order valence-corrected chi connectivity index (χ0v) is 12.5. The van der Waals surface area contributed by atoms with Gasteiger partial charge in [0, 0.05) is 16.2 Å². The van der Waals surface area contributed by atoms with Gasteiger partial charge in [0.25, 0.3) is 0 Å². The number of anilines is 3. The molecule has 0 saturated carbocycles. The molecule has 0 radical (unpaired) electrons. The van der Waals surface area contributed by atoms with Crippen molar-refractivity contribution in [3.05, 3.63) is 34.9 Å². The summed E-state index contributed by atoms with van der Waals surface area (Å²) in [5.74, 6) is 1.20. The summed E-state index contributed by atoms with van der Waals surface area (Å²) in [7, 11) is 0. The zero-order valence-electron chi connectivity index (χ0n) is 10.9. The SMILES string of the molecule is CCC(C)Nc1nncc(Nc2cccc(Br)c2)n1. The van der Waals surface area contributed by atoms with Gasteiger partial charge in [-0.25, -0.2) is 0 Å². The number of rotatable bonds is 5. The molecule has 1 heterocycles. The Morgan fingerprint density at radius 2 is 2.21 bits per heavy atom. The van der Waals surface area contributed by atoms with E-state index in [2.05, 4.69) is 55.6 Å². The molecule has 100 valence electrons. The molecule has 2 N–H and O–H groups in total. The number of benzene rings is 1. The maximum absolute atomic E-state index is 4.37. The molecule has 0 spiro atoms. The van der Waals surface area contributed by atoms with Gasteiger partial charge in [-0.1, -0.05) is 28.9 Å². The molecule has 1 atom stereocenters. The third-order valence-electron chi connectivity index (χ3n) is 2.64. The third-order valence-corrected chi connectivity index (χ3v) is 3.14. The Hall–Kier alpha value is -1.69. The largest absolute Gasteiger partial charge is 0.350 e. The quantitative estimate of drug-likeness (QED) is 0.881. The number of halogens is 1. The Kier molecular flexibility index (Phi) is 4.68. The van der Waals surface area contributed by atoms with Crippen molar-refractivity contribution in [1.29, 1.82) is 0 Å². The molecule has 0 amide bonds. The molecule has 5 nitrogen and oxygen atoms in total.